The third-order valence-electron chi connectivity index (χ3n) is 1.37. The minimum absolute atomic E-state index is 0.388. The summed E-state index contributed by atoms with van der Waals surface area (Å²) in [5.41, 5.74) is 10.7. The second-order valence-electron chi connectivity index (χ2n) is 3.14. The fourth-order valence-corrected chi connectivity index (χ4v) is 0.669. The lowest BCUT2D eigenvalue weighted by molar-refractivity contribution is 0.509. The Morgan fingerprint density at radius 2 is 2.00 bits per heavy atom. The molecule has 0 aliphatic rings. The zero-order chi connectivity index (χ0) is 8.65. The monoisotopic (exact) mass is 155 g/mol. The van der Waals surface area contributed by atoms with E-state index in [0.717, 1.165) is 0 Å². The van der Waals surface area contributed by atoms with Gasteiger partial charge in [0, 0.05) is 7.05 Å². The Hall–Kier alpha value is -1.10. The Morgan fingerprint density at radius 1 is 1.45 bits per heavy atom. The fourth-order valence-electron chi connectivity index (χ4n) is 0.669. The number of anilines is 1. The van der Waals surface area contributed by atoms with Crippen LogP contribution in [0.1, 0.15) is 19.7 Å². The van der Waals surface area contributed by atoms with Crippen molar-refractivity contribution in [2.45, 2.75) is 19.4 Å². The van der Waals surface area contributed by atoms with Crippen molar-refractivity contribution in [1.29, 1.82) is 0 Å². The molecule has 62 valence electrons. The van der Waals surface area contributed by atoms with Crippen molar-refractivity contribution in [2.24, 2.45) is 12.8 Å². The highest BCUT2D eigenvalue weighted by molar-refractivity contribution is 5.18. The number of nitrogen functional groups attached to an aromatic ring is 1. The van der Waals surface area contributed by atoms with E-state index >= 15 is 0 Å². The molecule has 1 aromatic rings. The number of aryl methyl sites for hydroxylation is 1. The zero-order valence-electron chi connectivity index (χ0n) is 7.00. The van der Waals surface area contributed by atoms with Crippen LogP contribution in [0.25, 0.3) is 0 Å². The summed E-state index contributed by atoms with van der Waals surface area (Å²) in [5, 5.41) is 4.04. The van der Waals surface area contributed by atoms with Crippen molar-refractivity contribution in [3.8, 4) is 0 Å². The zero-order valence-corrected chi connectivity index (χ0v) is 7.00. The van der Waals surface area contributed by atoms with Crippen LogP contribution in [0, 0.1) is 0 Å². The van der Waals surface area contributed by atoms with Gasteiger partial charge in [-0.1, -0.05) is 0 Å². The highest BCUT2D eigenvalue weighted by Gasteiger charge is 2.20. The molecule has 0 bridgehead atoms. The maximum absolute atomic E-state index is 5.75. The van der Waals surface area contributed by atoms with Crippen molar-refractivity contribution in [3.05, 3.63) is 5.82 Å². The maximum Gasteiger partial charge on any atom is 0.218 e. The molecule has 0 unspecified atom stereocenters. The highest BCUT2D eigenvalue weighted by atomic mass is 15.4. The predicted octanol–water partition coefficient (Wildman–Crippen LogP) is -0.409. The lowest BCUT2D eigenvalue weighted by atomic mass is 10.1. The van der Waals surface area contributed by atoms with Gasteiger partial charge in [0.2, 0.25) is 5.95 Å². The lowest BCUT2D eigenvalue weighted by Crippen LogP contribution is -2.30. The second kappa shape index (κ2) is 2.20. The first-order valence-electron chi connectivity index (χ1n) is 3.37. The van der Waals surface area contributed by atoms with Gasteiger partial charge >= 0.3 is 0 Å². The van der Waals surface area contributed by atoms with Gasteiger partial charge in [0.15, 0.2) is 5.82 Å². The van der Waals surface area contributed by atoms with E-state index in [1.54, 1.807) is 7.05 Å². The summed E-state index contributed by atoms with van der Waals surface area (Å²) >= 11 is 0. The molecule has 0 amide bonds. The number of nitrogens with two attached hydrogens (primary N) is 2. The lowest BCUT2D eigenvalue weighted by Gasteiger charge is -2.12. The molecule has 0 aliphatic carbocycles. The van der Waals surface area contributed by atoms with E-state index < -0.39 is 5.54 Å². The number of rotatable bonds is 1. The van der Waals surface area contributed by atoms with Gasteiger partial charge in [-0.15, -0.1) is 0 Å². The van der Waals surface area contributed by atoms with E-state index in [9.17, 15) is 0 Å². The minimum atomic E-state index is -0.518. The van der Waals surface area contributed by atoms with E-state index in [4.69, 9.17) is 11.5 Å². The van der Waals surface area contributed by atoms with E-state index in [-0.39, 0.29) is 0 Å². The van der Waals surface area contributed by atoms with Crippen LogP contribution in [0.3, 0.4) is 0 Å². The van der Waals surface area contributed by atoms with Gasteiger partial charge in [-0.3, -0.25) is 0 Å². The Morgan fingerprint density at radius 3 is 2.18 bits per heavy atom. The Labute approximate surface area is 65.4 Å². The molecule has 11 heavy (non-hydrogen) atoms. The first-order chi connectivity index (χ1) is 4.91. The van der Waals surface area contributed by atoms with Gasteiger partial charge in [-0.25, -0.2) is 4.68 Å². The number of aromatic nitrogens is 3. The topological polar surface area (TPSA) is 82.8 Å². The Kier molecular flexibility index (Phi) is 1.60. The summed E-state index contributed by atoms with van der Waals surface area (Å²) in [6, 6.07) is 0. The fraction of sp³-hybridized carbons (Fsp3) is 0.667. The molecule has 0 radical (unpaired) electrons. The quantitative estimate of drug-likeness (QED) is 0.577. The Balaban J connectivity index is 3.08. The summed E-state index contributed by atoms with van der Waals surface area (Å²) in [5.74, 6) is 0.955. The standard InChI is InChI=1S/C6H13N5/c1-6(2,8)4-9-5(7)11(3)10-4/h8H2,1-3H3,(H2,7,9,10). The normalized spacial score (nSPS) is 12.0. The molecule has 1 rings (SSSR count). The smallest absolute Gasteiger partial charge is 0.218 e. The van der Waals surface area contributed by atoms with Crippen LogP contribution in [0.2, 0.25) is 0 Å². The van der Waals surface area contributed by atoms with Crippen molar-refractivity contribution >= 4 is 5.95 Å². The average Bonchev–Trinajstić information content (AvgIpc) is 2.11. The molecule has 1 heterocycles. The summed E-state index contributed by atoms with van der Waals surface area (Å²) in [6.45, 7) is 3.67. The van der Waals surface area contributed by atoms with Crippen LogP contribution in [0.15, 0.2) is 0 Å². The molecule has 0 spiro atoms. The molecule has 0 aromatic carbocycles. The van der Waals surface area contributed by atoms with Crippen molar-refractivity contribution < 1.29 is 0 Å². The molecule has 0 saturated carbocycles. The van der Waals surface area contributed by atoms with Crippen LogP contribution in [-0.4, -0.2) is 14.8 Å². The van der Waals surface area contributed by atoms with E-state index in [1.807, 2.05) is 13.8 Å². The van der Waals surface area contributed by atoms with Crippen LogP contribution < -0.4 is 11.5 Å². The number of nitrogens with zero attached hydrogens (tertiary/aromatic N) is 3. The van der Waals surface area contributed by atoms with Crippen molar-refractivity contribution in [3.63, 3.8) is 0 Å². The molecule has 1 aromatic heterocycles. The summed E-state index contributed by atoms with van der Waals surface area (Å²) in [7, 11) is 1.73. The summed E-state index contributed by atoms with van der Waals surface area (Å²) < 4.78 is 1.50. The van der Waals surface area contributed by atoms with Crippen LogP contribution in [-0.2, 0) is 12.6 Å². The average molecular weight is 155 g/mol. The van der Waals surface area contributed by atoms with Gasteiger partial charge < -0.3 is 11.5 Å². The Bertz CT molecular complexity index is 237. The molecular weight excluding hydrogens is 142 g/mol. The number of hydrogen-bond acceptors (Lipinski definition) is 4. The van der Waals surface area contributed by atoms with Crippen LogP contribution in [0.4, 0.5) is 5.95 Å². The van der Waals surface area contributed by atoms with E-state index in [0.29, 0.717) is 11.8 Å². The molecular formula is C6H13N5. The molecule has 0 saturated heterocycles. The number of hydrogen-bond donors (Lipinski definition) is 2. The molecule has 0 aliphatic heterocycles. The van der Waals surface area contributed by atoms with E-state index in [2.05, 4.69) is 10.1 Å². The third kappa shape index (κ3) is 1.48. The minimum Gasteiger partial charge on any atom is -0.368 e. The first-order valence-corrected chi connectivity index (χ1v) is 3.37. The predicted molar refractivity (Wildman–Crippen MR) is 42.6 cm³/mol. The molecule has 5 nitrogen and oxygen atoms in total. The van der Waals surface area contributed by atoms with Gasteiger partial charge in [-0.2, -0.15) is 10.1 Å². The van der Waals surface area contributed by atoms with Gasteiger partial charge in [0.25, 0.3) is 0 Å². The van der Waals surface area contributed by atoms with Crippen molar-refractivity contribution in [1.82, 2.24) is 14.8 Å². The van der Waals surface area contributed by atoms with Crippen LogP contribution >= 0.6 is 0 Å². The summed E-state index contributed by atoms with van der Waals surface area (Å²) in [4.78, 5) is 3.99. The maximum atomic E-state index is 5.75. The van der Waals surface area contributed by atoms with Crippen LogP contribution in [0.5, 0.6) is 0 Å². The van der Waals surface area contributed by atoms with E-state index in [1.165, 1.54) is 4.68 Å². The molecule has 0 fully saturated rings. The molecule has 5 heteroatoms. The highest BCUT2D eigenvalue weighted by Crippen LogP contribution is 2.12. The molecule has 0 atom stereocenters. The third-order valence-corrected chi connectivity index (χ3v) is 1.37. The largest absolute Gasteiger partial charge is 0.368 e. The van der Waals surface area contributed by atoms with Gasteiger partial charge in [0.1, 0.15) is 0 Å². The van der Waals surface area contributed by atoms with Crippen molar-refractivity contribution in [2.75, 3.05) is 5.73 Å². The first kappa shape index (κ1) is 8.00. The molecule has 4 N–H and O–H groups in total. The summed E-state index contributed by atoms with van der Waals surface area (Å²) in [6.07, 6.45) is 0. The second-order valence-corrected chi connectivity index (χ2v) is 3.14. The van der Waals surface area contributed by atoms with Gasteiger partial charge in [0.05, 0.1) is 5.54 Å². The SMILES string of the molecule is Cn1nc(C(C)(C)N)nc1N. The van der Waals surface area contributed by atoms with Gasteiger partial charge in [-0.05, 0) is 13.8 Å².